The number of carbonyl (C=O) groups excluding carboxylic acids is 1. The first kappa shape index (κ1) is 20.5. The van der Waals surface area contributed by atoms with Gasteiger partial charge < -0.3 is 0 Å². The van der Waals surface area contributed by atoms with Crippen LogP contribution >= 0.6 is 11.3 Å². The first-order chi connectivity index (χ1) is 14.8. The van der Waals surface area contributed by atoms with Gasteiger partial charge in [-0.2, -0.15) is 23.0 Å². The lowest BCUT2D eigenvalue weighted by Crippen LogP contribution is -2.24. The number of amides is 1. The highest BCUT2D eigenvalue weighted by atomic mass is 32.1. The van der Waals surface area contributed by atoms with Crippen molar-refractivity contribution in [2.75, 3.05) is 0 Å². The average Bonchev–Trinajstić information content (AvgIpc) is 3.33. The normalized spacial score (nSPS) is 12.3. The molecule has 0 saturated heterocycles. The number of nitrogens with one attached hydrogen (secondary N) is 2. The van der Waals surface area contributed by atoms with Crippen molar-refractivity contribution in [2.24, 2.45) is 5.10 Å². The van der Waals surface area contributed by atoms with Crippen molar-refractivity contribution in [3.63, 3.8) is 0 Å². The molecule has 0 saturated carbocycles. The summed E-state index contributed by atoms with van der Waals surface area (Å²) in [6.07, 6.45) is -4.85. The Hall–Kier alpha value is -3.73. The van der Waals surface area contributed by atoms with Crippen molar-refractivity contribution in [2.45, 2.75) is 13.1 Å². The lowest BCUT2D eigenvalue weighted by molar-refractivity contribution is -0.141. The fraction of sp³-hybridized carbons (Fsp3) is 0.100. The molecule has 0 atom stereocenters. The van der Waals surface area contributed by atoms with Crippen molar-refractivity contribution in [1.29, 1.82) is 0 Å². The number of carbonyl (C=O) groups is 1. The average molecular weight is 445 g/mol. The molecule has 0 aliphatic carbocycles. The number of aromatic amines is 1. The second-order valence-electron chi connectivity index (χ2n) is 6.47. The standard InChI is InChI=1S/C20H14F3N5O2S/c1-11(25-26-17(29)12-7-3-2-4-8-12)15-16(20(21,22)23)27-28(18(15)30)19-24-13-9-5-6-10-14(13)31-19/h2-10,27H,1H3,(H,26,29)/b25-11+. The quantitative estimate of drug-likeness (QED) is 0.368. The number of fused-ring (bicyclic) bond motifs is 1. The number of alkyl halides is 3. The molecule has 0 spiro atoms. The van der Waals surface area contributed by atoms with E-state index in [2.05, 4.69) is 20.6 Å². The fourth-order valence-electron chi connectivity index (χ4n) is 2.91. The van der Waals surface area contributed by atoms with Crippen LogP contribution in [0.15, 0.2) is 64.5 Å². The molecular formula is C20H14F3N5O2S. The Morgan fingerprint density at radius 3 is 2.48 bits per heavy atom. The third-order valence-corrected chi connectivity index (χ3v) is 5.39. The van der Waals surface area contributed by atoms with Crippen molar-refractivity contribution in [1.82, 2.24) is 20.2 Å². The number of benzene rings is 2. The van der Waals surface area contributed by atoms with Crippen LogP contribution in [0.5, 0.6) is 0 Å². The second-order valence-corrected chi connectivity index (χ2v) is 7.48. The van der Waals surface area contributed by atoms with Gasteiger partial charge in [-0.1, -0.05) is 41.7 Å². The summed E-state index contributed by atoms with van der Waals surface area (Å²) in [6.45, 7) is 1.22. The van der Waals surface area contributed by atoms with E-state index in [-0.39, 0.29) is 16.4 Å². The molecule has 2 heterocycles. The first-order valence-electron chi connectivity index (χ1n) is 8.94. The number of para-hydroxylation sites is 1. The van der Waals surface area contributed by atoms with Gasteiger partial charge in [-0.3, -0.25) is 14.7 Å². The number of thiazole rings is 1. The largest absolute Gasteiger partial charge is 0.433 e. The summed E-state index contributed by atoms with van der Waals surface area (Å²) in [6, 6.07) is 15.0. The highest BCUT2D eigenvalue weighted by Crippen LogP contribution is 2.31. The SMILES string of the molecule is C/C(=N\NC(=O)c1ccccc1)c1c(C(F)(F)F)[nH]n(-c2nc3ccccc3s2)c1=O. The van der Waals surface area contributed by atoms with Crippen LogP contribution < -0.4 is 11.0 Å². The van der Waals surface area contributed by atoms with Gasteiger partial charge in [0.1, 0.15) is 0 Å². The Balaban J connectivity index is 1.76. The molecule has 31 heavy (non-hydrogen) atoms. The molecule has 0 bridgehead atoms. The van der Waals surface area contributed by atoms with Crippen LogP contribution in [-0.4, -0.2) is 26.4 Å². The molecule has 4 aromatic rings. The third-order valence-electron chi connectivity index (χ3n) is 4.37. The summed E-state index contributed by atoms with van der Waals surface area (Å²) < 4.78 is 42.4. The molecule has 0 aliphatic heterocycles. The summed E-state index contributed by atoms with van der Waals surface area (Å²) >= 11 is 1.07. The first-order valence-corrected chi connectivity index (χ1v) is 9.75. The molecule has 0 fully saturated rings. The summed E-state index contributed by atoms with van der Waals surface area (Å²) in [4.78, 5) is 29.2. The summed E-state index contributed by atoms with van der Waals surface area (Å²) in [7, 11) is 0. The molecule has 0 unspecified atom stereocenters. The number of hydrogen-bond donors (Lipinski definition) is 2. The number of hydrazone groups is 1. The van der Waals surface area contributed by atoms with E-state index in [1.54, 1.807) is 42.5 Å². The van der Waals surface area contributed by atoms with E-state index in [0.29, 0.717) is 5.52 Å². The third kappa shape index (κ3) is 3.99. The van der Waals surface area contributed by atoms with Gasteiger partial charge in [0.15, 0.2) is 5.69 Å². The van der Waals surface area contributed by atoms with Gasteiger partial charge in [-0.05, 0) is 31.2 Å². The van der Waals surface area contributed by atoms with E-state index < -0.39 is 28.9 Å². The molecule has 0 aliphatic rings. The lowest BCUT2D eigenvalue weighted by Gasteiger charge is -2.06. The van der Waals surface area contributed by atoms with E-state index in [1.165, 1.54) is 19.1 Å². The van der Waals surface area contributed by atoms with Crippen LogP contribution in [0.3, 0.4) is 0 Å². The molecule has 2 N–H and O–H groups in total. The number of halogens is 3. The molecule has 1 amide bonds. The zero-order valence-corrected chi connectivity index (χ0v) is 16.7. The molecule has 11 heteroatoms. The maximum Gasteiger partial charge on any atom is 0.433 e. The molecule has 2 aromatic heterocycles. The van der Waals surface area contributed by atoms with Gasteiger partial charge in [0.25, 0.3) is 11.5 Å². The van der Waals surface area contributed by atoms with E-state index in [4.69, 9.17) is 0 Å². The Labute approximate surface area is 176 Å². The van der Waals surface area contributed by atoms with Gasteiger partial charge in [0.2, 0.25) is 5.13 Å². The van der Waals surface area contributed by atoms with E-state index in [0.717, 1.165) is 20.7 Å². The zero-order chi connectivity index (χ0) is 22.2. The Bertz CT molecular complexity index is 1320. The minimum Gasteiger partial charge on any atom is -0.284 e. The van der Waals surface area contributed by atoms with Crippen LogP contribution in [0.1, 0.15) is 28.5 Å². The Kier molecular flexibility index (Phi) is 5.19. The highest BCUT2D eigenvalue weighted by Gasteiger charge is 2.39. The topological polar surface area (TPSA) is 92.1 Å². The minimum absolute atomic E-state index is 0.0593. The summed E-state index contributed by atoms with van der Waals surface area (Å²) in [5, 5.41) is 5.88. The lowest BCUT2D eigenvalue weighted by atomic mass is 10.1. The Morgan fingerprint density at radius 2 is 1.81 bits per heavy atom. The number of aromatic nitrogens is 3. The highest BCUT2D eigenvalue weighted by molar-refractivity contribution is 7.20. The van der Waals surface area contributed by atoms with Gasteiger partial charge in [-0.15, -0.1) is 0 Å². The molecular weight excluding hydrogens is 431 g/mol. The van der Waals surface area contributed by atoms with Gasteiger partial charge in [0, 0.05) is 5.56 Å². The van der Waals surface area contributed by atoms with Gasteiger partial charge in [0.05, 0.1) is 21.5 Å². The van der Waals surface area contributed by atoms with Crippen molar-refractivity contribution >= 4 is 33.2 Å². The maximum absolute atomic E-state index is 13.6. The summed E-state index contributed by atoms with van der Waals surface area (Å²) in [5.74, 6) is -0.615. The van der Waals surface area contributed by atoms with Gasteiger partial charge in [-0.25, -0.2) is 10.4 Å². The molecule has 158 valence electrons. The predicted octanol–water partition coefficient (Wildman–Crippen LogP) is 3.95. The van der Waals surface area contributed by atoms with Crippen molar-refractivity contribution < 1.29 is 18.0 Å². The second kappa shape index (κ2) is 7.84. The van der Waals surface area contributed by atoms with E-state index in [1.807, 2.05) is 0 Å². The Morgan fingerprint density at radius 1 is 1.13 bits per heavy atom. The van der Waals surface area contributed by atoms with Gasteiger partial charge >= 0.3 is 6.18 Å². The van der Waals surface area contributed by atoms with Crippen LogP contribution in [0.4, 0.5) is 13.2 Å². The van der Waals surface area contributed by atoms with Crippen LogP contribution in [0, 0.1) is 0 Å². The molecule has 7 nitrogen and oxygen atoms in total. The smallest absolute Gasteiger partial charge is 0.284 e. The number of nitrogens with zero attached hydrogens (tertiary/aromatic N) is 3. The van der Waals surface area contributed by atoms with Crippen LogP contribution in [0.25, 0.3) is 15.3 Å². The summed E-state index contributed by atoms with van der Waals surface area (Å²) in [5.41, 5.74) is -0.221. The van der Waals surface area contributed by atoms with Crippen molar-refractivity contribution in [3.05, 3.63) is 81.8 Å². The van der Waals surface area contributed by atoms with E-state index in [9.17, 15) is 22.8 Å². The number of rotatable bonds is 4. The van der Waals surface area contributed by atoms with E-state index >= 15 is 0 Å². The number of H-pyrrole nitrogens is 1. The van der Waals surface area contributed by atoms with Crippen LogP contribution in [-0.2, 0) is 6.18 Å². The predicted molar refractivity (Wildman–Crippen MR) is 111 cm³/mol. The fourth-order valence-corrected chi connectivity index (χ4v) is 3.84. The maximum atomic E-state index is 13.6. The molecule has 4 rings (SSSR count). The monoisotopic (exact) mass is 445 g/mol. The minimum atomic E-state index is -4.85. The number of hydrogen-bond acceptors (Lipinski definition) is 5. The molecule has 0 radical (unpaired) electrons. The van der Waals surface area contributed by atoms with Crippen LogP contribution in [0.2, 0.25) is 0 Å². The van der Waals surface area contributed by atoms with Crippen molar-refractivity contribution in [3.8, 4) is 5.13 Å². The molecule has 2 aromatic carbocycles. The zero-order valence-electron chi connectivity index (χ0n) is 15.9.